The van der Waals surface area contributed by atoms with Gasteiger partial charge in [-0.3, -0.25) is 4.79 Å². The Hall–Kier alpha value is -3.54. The van der Waals surface area contributed by atoms with E-state index in [2.05, 4.69) is 11.4 Å². The fourth-order valence-corrected chi connectivity index (χ4v) is 3.85. The average Bonchev–Trinajstić information content (AvgIpc) is 2.75. The molecular weight excluding hydrogens is 370 g/mol. The predicted octanol–water partition coefficient (Wildman–Crippen LogP) is 3.60. The Balaban J connectivity index is 1.43. The smallest absolute Gasteiger partial charge is 0.342 e. The van der Waals surface area contributed by atoms with E-state index in [0.717, 1.165) is 30.9 Å². The molecule has 3 N–H and O–H groups in total. The molecule has 0 radical (unpaired) electrons. The highest BCUT2D eigenvalue weighted by atomic mass is 16.5. The van der Waals surface area contributed by atoms with E-state index in [1.165, 1.54) is 5.56 Å². The molecule has 0 aliphatic heterocycles. The van der Waals surface area contributed by atoms with Crippen molar-refractivity contribution in [2.75, 3.05) is 6.61 Å². The number of amides is 1. The summed E-state index contributed by atoms with van der Waals surface area (Å²) in [5, 5.41) is 24.2. The molecule has 0 saturated carbocycles. The largest absolute Gasteiger partial charge is 0.507 e. The van der Waals surface area contributed by atoms with E-state index in [0.29, 0.717) is 10.8 Å². The zero-order valence-electron chi connectivity index (χ0n) is 15.7. The lowest BCUT2D eigenvalue weighted by Crippen LogP contribution is -2.34. The van der Waals surface area contributed by atoms with E-state index in [9.17, 15) is 19.8 Å². The molecule has 4 rings (SSSR count). The molecule has 1 aliphatic carbocycles. The Labute approximate surface area is 167 Å². The van der Waals surface area contributed by atoms with Crippen molar-refractivity contribution < 1.29 is 24.5 Å². The van der Waals surface area contributed by atoms with Gasteiger partial charge < -0.3 is 20.3 Å². The van der Waals surface area contributed by atoms with E-state index < -0.39 is 18.5 Å². The Morgan fingerprint density at radius 2 is 1.76 bits per heavy atom. The number of hydrogen-bond acceptors (Lipinski definition) is 5. The van der Waals surface area contributed by atoms with Gasteiger partial charge in [-0.25, -0.2) is 4.79 Å². The van der Waals surface area contributed by atoms with Crippen LogP contribution in [0.1, 0.15) is 40.4 Å². The number of hydrogen-bond donors (Lipinski definition) is 3. The molecule has 1 amide bonds. The number of benzene rings is 3. The van der Waals surface area contributed by atoms with Gasteiger partial charge in [0.15, 0.2) is 6.61 Å². The lowest BCUT2D eigenvalue weighted by atomic mass is 9.88. The van der Waals surface area contributed by atoms with Crippen LogP contribution in [0.4, 0.5) is 0 Å². The van der Waals surface area contributed by atoms with E-state index in [1.54, 1.807) is 24.3 Å². The number of fused-ring (bicyclic) bond motifs is 2. The van der Waals surface area contributed by atoms with Crippen LogP contribution in [0, 0.1) is 0 Å². The molecule has 1 aliphatic rings. The van der Waals surface area contributed by atoms with Gasteiger partial charge >= 0.3 is 5.97 Å². The van der Waals surface area contributed by atoms with Crippen LogP contribution in [0.2, 0.25) is 0 Å². The first-order chi connectivity index (χ1) is 14.0. The number of aryl methyl sites for hydroxylation is 1. The molecule has 6 nitrogen and oxygen atoms in total. The number of carbonyl (C=O) groups is 2. The zero-order chi connectivity index (χ0) is 20.4. The first-order valence-corrected chi connectivity index (χ1v) is 9.52. The quantitative estimate of drug-likeness (QED) is 0.466. The van der Waals surface area contributed by atoms with Crippen molar-refractivity contribution in [2.45, 2.75) is 25.3 Å². The summed E-state index contributed by atoms with van der Waals surface area (Å²) in [6.45, 7) is -0.468. The molecule has 3 aromatic rings. The van der Waals surface area contributed by atoms with Crippen LogP contribution in [0.5, 0.6) is 11.5 Å². The van der Waals surface area contributed by atoms with Crippen molar-refractivity contribution in [3.05, 3.63) is 71.3 Å². The maximum atomic E-state index is 12.4. The summed E-state index contributed by atoms with van der Waals surface area (Å²) in [5.74, 6) is -1.72. The number of phenolic OH excluding ortho intramolecular Hbond substituents is 2. The molecule has 0 aromatic heterocycles. The van der Waals surface area contributed by atoms with Crippen LogP contribution in [-0.2, 0) is 16.0 Å². The molecule has 0 unspecified atom stereocenters. The van der Waals surface area contributed by atoms with Crippen LogP contribution in [-0.4, -0.2) is 28.7 Å². The Morgan fingerprint density at radius 3 is 2.59 bits per heavy atom. The number of phenols is 2. The summed E-state index contributed by atoms with van der Waals surface area (Å²) in [6, 6.07) is 15.7. The molecule has 3 aromatic carbocycles. The van der Waals surface area contributed by atoms with Gasteiger partial charge in [0.1, 0.15) is 17.1 Å². The normalized spacial score (nSPS) is 15.5. The van der Waals surface area contributed by atoms with Crippen molar-refractivity contribution in [2.24, 2.45) is 0 Å². The van der Waals surface area contributed by atoms with Crippen LogP contribution >= 0.6 is 0 Å². The third-order valence-electron chi connectivity index (χ3n) is 5.25. The Bertz CT molecular complexity index is 1090. The lowest BCUT2D eigenvalue weighted by Gasteiger charge is -2.26. The number of nitrogens with one attached hydrogen (secondary N) is 1. The van der Waals surface area contributed by atoms with Gasteiger partial charge in [-0.05, 0) is 36.5 Å². The molecule has 1 atom stereocenters. The Morgan fingerprint density at radius 1 is 1.03 bits per heavy atom. The minimum absolute atomic E-state index is 0.107. The van der Waals surface area contributed by atoms with Crippen LogP contribution in [0.3, 0.4) is 0 Å². The Kier molecular flexibility index (Phi) is 5.08. The van der Waals surface area contributed by atoms with Gasteiger partial charge in [-0.1, -0.05) is 48.5 Å². The summed E-state index contributed by atoms with van der Waals surface area (Å²) in [6.07, 6.45) is 2.80. The highest BCUT2D eigenvalue weighted by Gasteiger charge is 2.23. The number of ether oxygens (including phenoxy) is 1. The van der Waals surface area contributed by atoms with Gasteiger partial charge in [-0.15, -0.1) is 0 Å². The molecule has 0 heterocycles. The monoisotopic (exact) mass is 391 g/mol. The first kappa shape index (κ1) is 18.8. The van der Waals surface area contributed by atoms with Crippen molar-refractivity contribution in [1.82, 2.24) is 5.32 Å². The van der Waals surface area contributed by atoms with Gasteiger partial charge in [0.2, 0.25) is 0 Å². The average molecular weight is 391 g/mol. The van der Waals surface area contributed by atoms with Crippen molar-refractivity contribution in [1.29, 1.82) is 0 Å². The topological polar surface area (TPSA) is 95.9 Å². The van der Waals surface area contributed by atoms with Gasteiger partial charge in [0.05, 0.1) is 6.04 Å². The van der Waals surface area contributed by atoms with Crippen LogP contribution < -0.4 is 5.32 Å². The highest BCUT2D eigenvalue weighted by molar-refractivity contribution is 6.04. The summed E-state index contributed by atoms with van der Waals surface area (Å²) in [4.78, 5) is 24.7. The lowest BCUT2D eigenvalue weighted by molar-refractivity contribution is -0.125. The van der Waals surface area contributed by atoms with Crippen molar-refractivity contribution in [3.8, 4) is 11.5 Å². The third kappa shape index (κ3) is 3.74. The molecular formula is C23H21NO5. The third-order valence-corrected chi connectivity index (χ3v) is 5.25. The number of aromatic hydroxyl groups is 2. The maximum absolute atomic E-state index is 12.4. The van der Waals surface area contributed by atoms with Crippen molar-refractivity contribution >= 4 is 22.6 Å². The van der Waals surface area contributed by atoms with E-state index >= 15 is 0 Å². The van der Waals surface area contributed by atoms with Crippen LogP contribution in [0.25, 0.3) is 10.8 Å². The standard InChI is InChI=1S/C23H21NO5/c25-20-12-18(22(27)17-10-4-3-9-16(17)20)23(28)29-13-21(26)24-19-11-5-7-14-6-1-2-8-15(14)19/h1-4,6,8-10,12,19,25,27H,5,7,11,13H2,(H,24,26)/t19-/m1/s1. The maximum Gasteiger partial charge on any atom is 0.342 e. The highest BCUT2D eigenvalue weighted by Crippen LogP contribution is 2.35. The molecule has 0 fully saturated rings. The molecule has 0 spiro atoms. The van der Waals surface area contributed by atoms with Gasteiger partial charge in [0, 0.05) is 10.8 Å². The minimum atomic E-state index is -0.872. The molecule has 29 heavy (non-hydrogen) atoms. The second-order valence-corrected chi connectivity index (χ2v) is 7.12. The first-order valence-electron chi connectivity index (χ1n) is 9.52. The predicted molar refractivity (Wildman–Crippen MR) is 108 cm³/mol. The fraction of sp³-hybridized carbons (Fsp3) is 0.217. The molecule has 148 valence electrons. The summed E-state index contributed by atoms with van der Waals surface area (Å²) in [5.41, 5.74) is 2.13. The zero-order valence-corrected chi connectivity index (χ0v) is 15.7. The number of carbonyl (C=O) groups excluding carboxylic acids is 2. The van der Waals surface area contributed by atoms with E-state index in [1.807, 2.05) is 18.2 Å². The van der Waals surface area contributed by atoms with Gasteiger partial charge in [-0.2, -0.15) is 0 Å². The van der Waals surface area contributed by atoms with Crippen molar-refractivity contribution in [3.63, 3.8) is 0 Å². The van der Waals surface area contributed by atoms with E-state index in [4.69, 9.17) is 4.74 Å². The molecule has 0 saturated heterocycles. The minimum Gasteiger partial charge on any atom is -0.507 e. The second kappa shape index (κ2) is 7.83. The SMILES string of the molecule is O=C(COC(=O)c1cc(O)c2ccccc2c1O)N[C@@H]1CCCc2ccccc21. The molecule has 0 bridgehead atoms. The van der Waals surface area contributed by atoms with Crippen LogP contribution in [0.15, 0.2) is 54.6 Å². The van der Waals surface area contributed by atoms with E-state index in [-0.39, 0.29) is 23.1 Å². The summed E-state index contributed by atoms with van der Waals surface area (Å²) in [7, 11) is 0. The fourth-order valence-electron chi connectivity index (χ4n) is 3.85. The van der Waals surface area contributed by atoms with Gasteiger partial charge in [0.25, 0.3) is 5.91 Å². The number of rotatable bonds is 4. The number of esters is 1. The summed E-state index contributed by atoms with van der Waals surface area (Å²) >= 11 is 0. The molecule has 6 heteroatoms. The second-order valence-electron chi connectivity index (χ2n) is 7.12. The summed E-state index contributed by atoms with van der Waals surface area (Å²) < 4.78 is 5.08.